The van der Waals surface area contributed by atoms with E-state index in [1.165, 1.54) is 18.6 Å². The second-order valence-electron chi connectivity index (χ2n) is 7.61. The minimum atomic E-state index is -0.330. The lowest BCUT2D eigenvalue weighted by molar-refractivity contribution is -0.139. The topological polar surface area (TPSA) is 36.4 Å². The molecule has 2 aliphatic rings. The van der Waals surface area contributed by atoms with Gasteiger partial charge in [-0.2, -0.15) is 0 Å². The number of amides is 1. The highest BCUT2D eigenvalue weighted by Gasteiger charge is 2.39. The number of halogens is 1. The van der Waals surface area contributed by atoms with Gasteiger partial charge in [0.15, 0.2) is 0 Å². The summed E-state index contributed by atoms with van der Waals surface area (Å²) in [5.74, 6) is -0.132. The lowest BCUT2D eigenvalue weighted by Gasteiger charge is -2.37. The molecule has 5 heteroatoms. The van der Waals surface area contributed by atoms with Crippen molar-refractivity contribution < 1.29 is 9.18 Å². The Morgan fingerprint density at radius 2 is 1.89 bits per heavy atom. The van der Waals surface area contributed by atoms with Crippen LogP contribution < -0.4 is 0 Å². The van der Waals surface area contributed by atoms with E-state index in [9.17, 15) is 9.18 Å². The van der Waals surface area contributed by atoms with Crippen LogP contribution in [0.4, 0.5) is 4.39 Å². The van der Waals surface area contributed by atoms with Crippen LogP contribution in [-0.4, -0.2) is 39.8 Å². The van der Waals surface area contributed by atoms with E-state index in [1.807, 2.05) is 23.2 Å². The van der Waals surface area contributed by atoms with Crippen molar-refractivity contribution in [2.75, 3.05) is 13.1 Å². The molecule has 2 fully saturated rings. The fraction of sp³-hybridized carbons (Fsp3) is 0.455. The highest BCUT2D eigenvalue weighted by Crippen LogP contribution is 2.34. The number of hydrogen-bond acceptors (Lipinski definition) is 3. The Morgan fingerprint density at radius 3 is 2.52 bits per heavy atom. The first kappa shape index (κ1) is 18.1. The number of nitrogens with zero attached hydrogens (tertiary/aromatic N) is 3. The molecule has 142 valence electrons. The van der Waals surface area contributed by atoms with Gasteiger partial charge in [-0.15, -0.1) is 0 Å². The average Bonchev–Trinajstić information content (AvgIpc) is 3.54. The summed E-state index contributed by atoms with van der Waals surface area (Å²) in [7, 11) is 0. The molecule has 1 atom stereocenters. The molecule has 4 nitrogen and oxygen atoms in total. The van der Waals surface area contributed by atoms with Gasteiger partial charge in [0.05, 0.1) is 0 Å². The Balaban J connectivity index is 1.62. The Bertz CT molecular complexity index is 755. The van der Waals surface area contributed by atoms with E-state index in [0.29, 0.717) is 12.6 Å². The summed E-state index contributed by atoms with van der Waals surface area (Å²) < 4.78 is 13.5. The second-order valence-corrected chi connectivity index (χ2v) is 7.61. The first-order valence-corrected chi connectivity index (χ1v) is 9.91. The molecule has 27 heavy (non-hydrogen) atoms. The van der Waals surface area contributed by atoms with Gasteiger partial charge in [0.1, 0.15) is 11.9 Å². The van der Waals surface area contributed by atoms with Crippen LogP contribution in [0.5, 0.6) is 0 Å². The van der Waals surface area contributed by atoms with Crippen LogP contribution in [0.1, 0.15) is 49.3 Å². The number of carbonyl (C=O) groups is 1. The minimum Gasteiger partial charge on any atom is -0.334 e. The molecule has 0 bridgehead atoms. The van der Waals surface area contributed by atoms with Crippen LogP contribution in [0.15, 0.2) is 48.8 Å². The largest absolute Gasteiger partial charge is 0.334 e. The first-order valence-electron chi connectivity index (χ1n) is 9.91. The maximum absolute atomic E-state index is 13.7. The highest BCUT2D eigenvalue weighted by atomic mass is 19.1. The second kappa shape index (κ2) is 8.17. The summed E-state index contributed by atoms with van der Waals surface area (Å²) in [4.78, 5) is 22.2. The zero-order valence-electron chi connectivity index (χ0n) is 15.6. The third-order valence-corrected chi connectivity index (χ3v) is 5.52. The van der Waals surface area contributed by atoms with Crippen molar-refractivity contribution >= 4 is 5.91 Å². The molecule has 1 aliphatic carbocycles. The zero-order valence-corrected chi connectivity index (χ0v) is 15.6. The van der Waals surface area contributed by atoms with Crippen molar-refractivity contribution in [1.82, 2.24) is 14.8 Å². The smallest absolute Gasteiger partial charge is 0.245 e. The van der Waals surface area contributed by atoms with Crippen LogP contribution in [0.3, 0.4) is 0 Å². The van der Waals surface area contributed by atoms with Crippen LogP contribution in [-0.2, 0) is 11.3 Å². The molecule has 0 radical (unpaired) electrons. The van der Waals surface area contributed by atoms with Crippen LogP contribution >= 0.6 is 0 Å². The van der Waals surface area contributed by atoms with Gasteiger partial charge in [0.2, 0.25) is 5.91 Å². The van der Waals surface area contributed by atoms with Crippen LogP contribution in [0, 0.1) is 5.82 Å². The minimum absolute atomic E-state index is 0.134. The normalized spacial score (nSPS) is 18.9. The van der Waals surface area contributed by atoms with Gasteiger partial charge in [-0.25, -0.2) is 4.39 Å². The monoisotopic (exact) mass is 367 g/mol. The molecule has 2 heterocycles. The van der Waals surface area contributed by atoms with E-state index < -0.39 is 0 Å². The predicted octanol–water partition coefficient (Wildman–Crippen LogP) is 3.94. The van der Waals surface area contributed by atoms with E-state index in [4.69, 9.17) is 0 Å². The van der Waals surface area contributed by atoms with E-state index in [0.717, 1.165) is 49.9 Å². The van der Waals surface area contributed by atoms with Crippen LogP contribution in [0.2, 0.25) is 0 Å². The lowest BCUT2D eigenvalue weighted by Crippen LogP contribution is -2.45. The Hall–Kier alpha value is -2.27. The molecule has 0 spiro atoms. The van der Waals surface area contributed by atoms with Gasteiger partial charge in [0, 0.05) is 25.0 Å². The van der Waals surface area contributed by atoms with Gasteiger partial charge in [-0.1, -0.05) is 24.6 Å². The number of likely N-dealkylation sites (tertiary alicyclic amines) is 1. The molecular weight excluding hydrogens is 341 g/mol. The molecule has 1 saturated carbocycles. The van der Waals surface area contributed by atoms with Gasteiger partial charge in [0.25, 0.3) is 0 Å². The molecule has 4 rings (SSSR count). The van der Waals surface area contributed by atoms with E-state index in [1.54, 1.807) is 18.3 Å². The molecular formula is C22H26FN3O. The van der Waals surface area contributed by atoms with Gasteiger partial charge in [-0.05, 0) is 68.1 Å². The summed E-state index contributed by atoms with van der Waals surface area (Å²) in [6.45, 7) is 2.42. The number of pyridine rings is 1. The molecule has 1 amide bonds. The number of hydrogen-bond donors (Lipinski definition) is 0. The zero-order chi connectivity index (χ0) is 18.6. The van der Waals surface area contributed by atoms with E-state index in [2.05, 4.69) is 9.88 Å². The van der Waals surface area contributed by atoms with Crippen molar-refractivity contribution in [3.05, 3.63) is 65.7 Å². The fourth-order valence-electron chi connectivity index (χ4n) is 3.95. The Labute approximate surface area is 160 Å². The molecule has 1 aromatic heterocycles. The molecule has 1 saturated heterocycles. The third kappa shape index (κ3) is 4.35. The Kier molecular flexibility index (Phi) is 5.48. The maximum Gasteiger partial charge on any atom is 0.245 e. The summed E-state index contributed by atoms with van der Waals surface area (Å²) in [5, 5.41) is 0. The highest BCUT2D eigenvalue weighted by molar-refractivity contribution is 5.84. The van der Waals surface area contributed by atoms with Crippen molar-refractivity contribution in [3.8, 4) is 0 Å². The summed E-state index contributed by atoms with van der Waals surface area (Å²) in [6, 6.07) is 10.4. The average molecular weight is 367 g/mol. The molecule has 2 aromatic rings. The molecule has 1 unspecified atom stereocenters. The first-order chi connectivity index (χ1) is 13.2. The van der Waals surface area contributed by atoms with E-state index >= 15 is 0 Å². The van der Waals surface area contributed by atoms with Crippen molar-refractivity contribution in [1.29, 1.82) is 0 Å². The molecule has 1 aliphatic heterocycles. The number of rotatable bonds is 6. The molecule has 0 N–H and O–H groups in total. The van der Waals surface area contributed by atoms with Crippen molar-refractivity contribution in [2.45, 2.75) is 50.7 Å². The number of aromatic nitrogens is 1. The Morgan fingerprint density at radius 1 is 1.15 bits per heavy atom. The standard InChI is InChI=1S/C22H26FN3O/c23-19-8-6-18(7-9-19)21(25-13-2-1-3-14-25)22(27)26(20-10-11-20)16-17-5-4-12-24-15-17/h4-9,12,15,20-21H,1-3,10-11,13-14,16H2. The quantitative estimate of drug-likeness (QED) is 0.776. The number of piperidine rings is 1. The lowest BCUT2D eigenvalue weighted by atomic mass is 10.00. The summed E-state index contributed by atoms with van der Waals surface area (Å²) in [6.07, 6.45) is 9.12. The summed E-state index contributed by atoms with van der Waals surface area (Å²) in [5.41, 5.74) is 1.94. The number of benzene rings is 1. The molecule has 1 aromatic carbocycles. The van der Waals surface area contributed by atoms with Crippen molar-refractivity contribution in [2.24, 2.45) is 0 Å². The van der Waals surface area contributed by atoms with Gasteiger partial charge < -0.3 is 4.90 Å². The van der Waals surface area contributed by atoms with E-state index in [-0.39, 0.29) is 17.8 Å². The predicted molar refractivity (Wildman–Crippen MR) is 102 cm³/mol. The van der Waals surface area contributed by atoms with Crippen molar-refractivity contribution in [3.63, 3.8) is 0 Å². The maximum atomic E-state index is 13.7. The third-order valence-electron chi connectivity index (χ3n) is 5.52. The van der Waals surface area contributed by atoms with Gasteiger partial charge >= 0.3 is 0 Å². The SMILES string of the molecule is O=C(C(c1ccc(F)cc1)N1CCCCC1)N(Cc1cccnc1)C1CC1. The number of carbonyl (C=O) groups excluding carboxylic acids is 1. The summed E-state index contributed by atoms with van der Waals surface area (Å²) >= 11 is 0. The fourth-order valence-corrected chi connectivity index (χ4v) is 3.95. The van der Waals surface area contributed by atoms with Crippen LogP contribution in [0.25, 0.3) is 0 Å². The van der Waals surface area contributed by atoms with Gasteiger partial charge in [-0.3, -0.25) is 14.7 Å².